The van der Waals surface area contributed by atoms with Gasteiger partial charge in [0.15, 0.2) is 0 Å². The third-order valence-electron chi connectivity index (χ3n) is 3.95. The van der Waals surface area contributed by atoms with E-state index in [-0.39, 0.29) is 11.8 Å². The molecule has 0 aliphatic rings. The van der Waals surface area contributed by atoms with Gasteiger partial charge in [-0.25, -0.2) is 0 Å². The predicted molar refractivity (Wildman–Crippen MR) is 85.7 cm³/mol. The smallest absolute Gasteiger partial charge is 0.224 e. The van der Waals surface area contributed by atoms with Gasteiger partial charge in [-0.3, -0.25) is 4.79 Å². The van der Waals surface area contributed by atoms with Crippen LogP contribution in [0, 0.1) is 0 Å². The van der Waals surface area contributed by atoms with E-state index in [0.717, 1.165) is 18.4 Å². The van der Waals surface area contributed by atoms with E-state index in [4.69, 9.17) is 5.73 Å². The fraction of sp³-hybridized carbons (Fsp3) is 0.611. The van der Waals surface area contributed by atoms with E-state index >= 15 is 0 Å². The van der Waals surface area contributed by atoms with E-state index in [1.807, 2.05) is 6.92 Å². The topological polar surface area (TPSA) is 43.1 Å². The second-order valence-corrected chi connectivity index (χ2v) is 5.62. The fourth-order valence-electron chi connectivity index (χ4n) is 2.63. The molecule has 0 heterocycles. The van der Waals surface area contributed by atoms with Gasteiger partial charge in [0, 0.05) is 0 Å². The highest BCUT2D eigenvalue weighted by Crippen LogP contribution is 2.20. The lowest BCUT2D eigenvalue weighted by Gasteiger charge is -2.11. The van der Waals surface area contributed by atoms with Crippen molar-refractivity contribution in [3.63, 3.8) is 0 Å². The summed E-state index contributed by atoms with van der Waals surface area (Å²) < 4.78 is 0. The molecule has 112 valence electrons. The molecule has 1 rings (SSSR count). The second kappa shape index (κ2) is 9.57. The molecule has 0 saturated heterocycles. The maximum Gasteiger partial charge on any atom is 0.224 e. The van der Waals surface area contributed by atoms with Crippen LogP contribution in [-0.2, 0) is 11.2 Å². The standard InChI is InChI=1S/C18H29NO/c1-3-5-6-7-8-9-10-15-11-13-16(14-12-15)17(4-2)18(19)20/h11-14,17H,3-10H2,1-2H3,(H2,19,20). The maximum absolute atomic E-state index is 11.3. The molecule has 0 radical (unpaired) electrons. The van der Waals surface area contributed by atoms with E-state index in [1.54, 1.807) is 0 Å². The van der Waals surface area contributed by atoms with Gasteiger partial charge in [0.1, 0.15) is 0 Å². The molecule has 0 fully saturated rings. The lowest BCUT2D eigenvalue weighted by molar-refractivity contribution is -0.119. The predicted octanol–water partition coefficient (Wildman–Crippen LogP) is 4.57. The van der Waals surface area contributed by atoms with Gasteiger partial charge in [-0.2, -0.15) is 0 Å². The summed E-state index contributed by atoms with van der Waals surface area (Å²) in [4.78, 5) is 11.3. The van der Waals surface area contributed by atoms with E-state index in [1.165, 1.54) is 44.1 Å². The van der Waals surface area contributed by atoms with E-state index in [2.05, 4.69) is 31.2 Å². The number of amides is 1. The zero-order valence-electron chi connectivity index (χ0n) is 13.0. The Balaban J connectivity index is 2.37. The number of rotatable bonds is 10. The van der Waals surface area contributed by atoms with Crippen LogP contribution in [-0.4, -0.2) is 5.91 Å². The normalized spacial score (nSPS) is 12.3. The van der Waals surface area contributed by atoms with Gasteiger partial charge >= 0.3 is 0 Å². The van der Waals surface area contributed by atoms with Crippen molar-refractivity contribution in [2.45, 2.75) is 71.1 Å². The minimum atomic E-state index is -0.226. The highest BCUT2D eigenvalue weighted by Gasteiger charge is 2.14. The Kier molecular flexibility index (Phi) is 8.01. The molecule has 1 aromatic carbocycles. The van der Waals surface area contributed by atoms with Crippen LogP contribution in [0.15, 0.2) is 24.3 Å². The van der Waals surface area contributed by atoms with Crippen molar-refractivity contribution in [1.29, 1.82) is 0 Å². The van der Waals surface area contributed by atoms with Crippen LogP contribution >= 0.6 is 0 Å². The van der Waals surface area contributed by atoms with Crippen LogP contribution in [0.4, 0.5) is 0 Å². The molecular weight excluding hydrogens is 246 g/mol. The molecule has 2 N–H and O–H groups in total. The van der Waals surface area contributed by atoms with Gasteiger partial charge in [0.05, 0.1) is 5.92 Å². The minimum Gasteiger partial charge on any atom is -0.369 e. The largest absolute Gasteiger partial charge is 0.369 e. The van der Waals surface area contributed by atoms with Crippen molar-refractivity contribution < 1.29 is 4.79 Å². The number of nitrogens with two attached hydrogens (primary N) is 1. The molecule has 0 saturated carbocycles. The molecule has 2 nitrogen and oxygen atoms in total. The third kappa shape index (κ3) is 5.77. The Hall–Kier alpha value is -1.31. The molecule has 2 heteroatoms. The summed E-state index contributed by atoms with van der Waals surface area (Å²) in [5.41, 5.74) is 7.83. The summed E-state index contributed by atoms with van der Waals surface area (Å²) in [7, 11) is 0. The third-order valence-corrected chi connectivity index (χ3v) is 3.95. The highest BCUT2D eigenvalue weighted by molar-refractivity contribution is 5.81. The number of carbonyl (C=O) groups excluding carboxylic acids is 1. The molecule has 0 aromatic heterocycles. The lowest BCUT2D eigenvalue weighted by atomic mass is 9.94. The van der Waals surface area contributed by atoms with Gasteiger partial charge < -0.3 is 5.73 Å². The Morgan fingerprint density at radius 1 is 1.00 bits per heavy atom. The van der Waals surface area contributed by atoms with Gasteiger partial charge in [-0.15, -0.1) is 0 Å². The first-order chi connectivity index (χ1) is 9.69. The molecular formula is C18H29NO. The number of aryl methyl sites for hydroxylation is 1. The average Bonchev–Trinajstić information content (AvgIpc) is 2.44. The van der Waals surface area contributed by atoms with Gasteiger partial charge in [0.25, 0.3) is 0 Å². The molecule has 1 atom stereocenters. The molecule has 1 unspecified atom stereocenters. The highest BCUT2D eigenvalue weighted by atomic mass is 16.1. The van der Waals surface area contributed by atoms with E-state index in [0.29, 0.717) is 0 Å². The van der Waals surface area contributed by atoms with E-state index in [9.17, 15) is 4.79 Å². The van der Waals surface area contributed by atoms with Crippen molar-refractivity contribution in [3.05, 3.63) is 35.4 Å². The number of carbonyl (C=O) groups is 1. The van der Waals surface area contributed by atoms with Crippen LogP contribution in [0.5, 0.6) is 0 Å². The van der Waals surface area contributed by atoms with Crippen molar-refractivity contribution in [2.24, 2.45) is 5.73 Å². The summed E-state index contributed by atoms with van der Waals surface area (Å²) in [5, 5.41) is 0. The minimum absolute atomic E-state index is 0.141. The first-order valence-electron chi connectivity index (χ1n) is 8.07. The van der Waals surface area contributed by atoms with Crippen LogP contribution in [0.25, 0.3) is 0 Å². The van der Waals surface area contributed by atoms with Crippen LogP contribution in [0.3, 0.4) is 0 Å². The fourth-order valence-corrected chi connectivity index (χ4v) is 2.63. The Morgan fingerprint density at radius 2 is 1.60 bits per heavy atom. The van der Waals surface area contributed by atoms with Crippen LogP contribution < -0.4 is 5.73 Å². The summed E-state index contributed by atoms with van der Waals surface area (Å²) in [6.07, 6.45) is 9.88. The lowest BCUT2D eigenvalue weighted by Crippen LogP contribution is -2.20. The quantitative estimate of drug-likeness (QED) is 0.624. The number of benzene rings is 1. The SMILES string of the molecule is CCCCCCCCc1ccc(C(CC)C(N)=O)cc1. The molecule has 0 aliphatic carbocycles. The van der Waals surface area contributed by atoms with Gasteiger partial charge in [-0.1, -0.05) is 70.2 Å². The van der Waals surface area contributed by atoms with Crippen molar-refractivity contribution in [2.75, 3.05) is 0 Å². The Bertz CT molecular complexity index is 383. The number of unbranched alkanes of at least 4 members (excludes halogenated alkanes) is 5. The van der Waals surface area contributed by atoms with Crippen molar-refractivity contribution >= 4 is 5.91 Å². The zero-order valence-corrected chi connectivity index (χ0v) is 13.0. The van der Waals surface area contributed by atoms with Crippen LogP contribution in [0.1, 0.15) is 75.8 Å². The monoisotopic (exact) mass is 275 g/mol. The number of primary amides is 1. The molecule has 0 aliphatic heterocycles. The first-order valence-corrected chi connectivity index (χ1v) is 8.07. The Morgan fingerprint density at radius 3 is 2.15 bits per heavy atom. The van der Waals surface area contributed by atoms with E-state index < -0.39 is 0 Å². The maximum atomic E-state index is 11.3. The second-order valence-electron chi connectivity index (χ2n) is 5.62. The van der Waals surface area contributed by atoms with Crippen molar-refractivity contribution in [3.8, 4) is 0 Å². The Labute approximate surface area is 123 Å². The summed E-state index contributed by atoms with van der Waals surface area (Å²) >= 11 is 0. The van der Waals surface area contributed by atoms with Crippen molar-refractivity contribution in [1.82, 2.24) is 0 Å². The molecule has 1 amide bonds. The average molecular weight is 275 g/mol. The van der Waals surface area contributed by atoms with Crippen LogP contribution in [0.2, 0.25) is 0 Å². The molecule has 0 spiro atoms. The summed E-state index contributed by atoms with van der Waals surface area (Å²) in [6, 6.07) is 8.41. The summed E-state index contributed by atoms with van der Waals surface area (Å²) in [5.74, 6) is -0.366. The van der Waals surface area contributed by atoms with Gasteiger partial charge in [-0.05, 0) is 30.4 Å². The van der Waals surface area contributed by atoms with Gasteiger partial charge in [0.2, 0.25) is 5.91 Å². The first kappa shape index (κ1) is 16.7. The molecule has 0 bridgehead atoms. The molecule has 20 heavy (non-hydrogen) atoms. The number of hydrogen-bond donors (Lipinski definition) is 1. The summed E-state index contributed by atoms with van der Waals surface area (Å²) in [6.45, 7) is 4.25. The molecule has 1 aromatic rings. The zero-order chi connectivity index (χ0) is 14.8. The number of hydrogen-bond acceptors (Lipinski definition) is 1.